The van der Waals surface area contributed by atoms with Gasteiger partial charge in [-0.05, 0) is 12.1 Å². The molecule has 3 rings (SSSR count). The minimum Gasteiger partial charge on any atom is -0.741 e. The van der Waals surface area contributed by atoms with E-state index in [1.807, 2.05) is 52.8 Å². The number of imidazole rings is 1. The van der Waals surface area contributed by atoms with E-state index < -0.39 is 15.6 Å². The largest absolute Gasteiger partial charge is 0.741 e. The first-order valence-corrected chi connectivity index (χ1v) is 8.83. The molecule has 11 heteroatoms. The predicted molar refractivity (Wildman–Crippen MR) is 89.6 cm³/mol. The van der Waals surface area contributed by atoms with Gasteiger partial charge in [-0.3, -0.25) is 0 Å². The first-order chi connectivity index (χ1) is 13.0. The number of para-hydroxylation sites is 1. The number of rotatable bonds is 1. The molecule has 0 aliphatic carbocycles. The first-order valence-electron chi connectivity index (χ1n) is 7.42. The lowest BCUT2D eigenvalue weighted by Crippen LogP contribution is -2.25. The summed E-state index contributed by atoms with van der Waals surface area (Å²) in [5.41, 5.74) is -1.99. The van der Waals surface area contributed by atoms with Crippen molar-refractivity contribution in [2.24, 2.45) is 7.05 Å². The summed E-state index contributed by atoms with van der Waals surface area (Å²) in [4.78, 5) is 0. The third-order valence-corrected chi connectivity index (χ3v) is 4.17. The highest BCUT2D eigenvalue weighted by atomic mass is 32.2. The van der Waals surface area contributed by atoms with Crippen LogP contribution in [-0.2, 0) is 17.2 Å². The number of nitrogens with zero attached hydrogens (tertiary/aromatic N) is 4. The summed E-state index contributed by atoms with van der Waals surface area (Å²) in [6.45, 7) is 0. The number of hydrogen-bond donors (Lipinski definition) is 0. The zero-order valence-electron chi connectivity index (χ0n) is 14.2. The smallest absolute Gasteiger partial charge is 0.485 e. The lowest BCUT2D eigenvalue weighted by Gasteiger charge is -2.08. The van der Waals surface area contributed by atoms with Crippen LogP contribution in [0.2, 0.25) is 0 Å². The van der Waals surface area contributed by atoms with Crippen molar-refractivity contribution in [3.05, 3.63) is 59.9 Å². The van der Waals surface area contributed by atoms with Crippen molar-refractivity contribution in [2.45, 2.75) is 5.51 Å². The van der Waals surface area contributed by atoms with Crippen LogP contribution in [0.1, 0.15) is 11.1 Å². The quantitative estimate of drug-likeness (QED) is 0.348. The SMILES string of the molecule is C[n+]1cn(-c2ccccc2)c2cc(C#N)c(C#N)cc21.O=S(=O)([O-])C(F)(F)F. The maximum absolute atomic E-state index is 10.7. The van der Waals surface area contributed by atoms with Crippen molar-refractivity contribution in [3.8, 4) is 17.8 Å². The van der Waals surface area contributed by atoms with E-state index in [-0.39, 0.29) is 0 Å². The minimum absolute atomic E-state index is 0.399. The number of aryl methyl sites for hydroxylation is 1. The second-order valence-corrected chi connectivity index (χ2v) is 6.81. The van der Waals surface area contributed by atoms with Gasteiger partial charge < -0.3 is 4.55 Å². The maximum atomic E-state index is 10.7. The Morgan fingerprint density at radius 2 is 1.57 bits per heavy atom. The Hall–Kier alpha value is -3.41. The number of hydrogen-bond acceptors (Lipinski definition) is 5. The molecule has 1 aromatic heterocycles. The molecule has 28 heavy (non-hydrogen) atoms. The molecule has 0 bridgehead atoms. The maximum Gasteiger partial charge on any atom is 0.485 e. The Balaban J connectivity index is 0.000000300. The molecule has 144 valence electrons. The summed E-state index contributed by atoms with van der Waals surface area (Å²) in [5, 5.41) is 18.3. The van der Waals surface area contributed by atoms with Crippen LogP contribution in [0, 0.1) is 22.7 Å². The van der Waals surface area contributed by atoms with Crippen molar-refractivity contribution in [3.63, 3.8) is 0 Å². The summed E-state index contributed by atoms with van der Waals surface area (Å²) < 4.78 is 62.9. The van der Waals surface area contributed by atoms with Gasteiger partial charge in [-0.1, -0.05) is 18.2 Å². The van der Waals surface area contributed by atoms with Gasteiger partial charge in [0.1, 0.15) is 17.8 Å². The molecule has 0 N–H and O–H groups in total. The van der Waals surface area contributed by atoms with Crippen LogP contribution in [0.3, 0.4) is 0 Å². The van der Waals surface area contributed by atoms with E-state index in [2.05, 4.69) is 12.1 Å². The standard InChI is InChI=1S/C16H11N4.CHF3O3S/c1-19-11-20(14-5-3-2-4-6-14)16-8-13(10-18)12(9-17)7-15(16)19;2-1(3,4)8(5,6)7/h2-8,11H,1H3;(H,5,6,7)/q+1;/p-1. The summed E-state index contributed by atoms with van der Waals surface area (Å²) >= 11 is 0. The summed E-state index contributed by atoms with van der Waals surface area (Å²) in [6.07, 6.45) is 1.95. The van der Waals surface area contributed by atoms with Gasteiger partial charge in [0.25, 0.3) is 0 Å². The van der Waals surface area contributed by atoms with E-state index in [4.69, 9.17) is 23.5 Å². The zero-order chi connectivity index (χ0) is 21.1. The van der Waals surface area contributed by atoms with Crippen molar-refractivity contribution in [1.29, 1.82) is 10.5 Å². The minimum atomic E-state index is -6.09. The van der Waals surface area contributed by atoms with Crippen LogP contribution in [0.25, 0.3) is 16.7 Å². The van der Waals surface area contributed by atoms with Crippen LogP contribution in [-0.4, -0.2) is 23.0 Å². The number of fused-ring (bicyclic) bond motifs is 1. The molecule has 7 nitrogen and oxygen atoms in total. The lowest BCUT2D eigenvalue weighted by atomic mass is 10.1. The van der Waals surface area contributed by atoms with Crippen LogP contribution >= 0.6 is 0 Å². The molecule has 0 unspecified atom stereocenters. The highest BCUT2D eigenvalue weighted by Crippen LogP contribution is 2.21. The molecule has 0 saturated heterocycles. The van der Waals surface area contributed by atoms with Crippen molar-refractivity contribution >= 4 is 21.2 Å². The molecule has 0 aliphatic rings. The average molecular weight is 408 g/mol. The van der Waals surface area contributed by atoms with Crippen LogP contribution < -0.4 is 4.57 Å². The van der Waals surface area contributed by atoms with E-state index in [1.165, 1.54) is 0 Å². The topological polar surface area (TPSA) is 114 Å². The third-order valence-electron chi connectivity index (χ3n) is 3.60. The van der Waals surface area contributed by atoms with Gasteiger partial charge in [0.05, 0.1) is 18.2 Å². The Morgan fingerprint density at radius 1 is 1.07 bits per heavy atom. The number of alkyl halides is 3. The van der Waals surface area contributed by atoms with E-state index in [9.17, 15) is 13.2 Å². The van der Waals surface area contributed by atoms with E-state index >= 15 is 0 Å². The van der Waals surface area contributed by atoms with Gasteiger partial charge in [0, 0.05) is 12.1 Å². The van der Waals surface area contributed by atoms with Gasteiger partial charge in [-0.2, -0.15) is 28.3 Å². The number of benzene rings is 2. The molecular weight excluding hydrogens is 397 g/mol. The molecule has 0 fully saturated rings. The molecule has 2 aromatic carbocycles. The fourth-order valence-electron chi connectivity index (χ4n) is 2.33. The Labute approximate surface area is 157 Å². The third kappa shape index (κ3) is 4.28. The van der Waals surface area contributed by atoms with Gasteiger partial charge in [-0.15, -0.1) is 0 Å². The molecule has 0 amide bonds. The first kappa shape index (κ1) is 20.9. The molecular formula is C17H11F3N4O3S. The molecule has 1 heterocycles. The highest BCUT2D eigenvalue weighted by Gasteiger charge is 2.36. The Bertz CT molecular complexity index is 1200. The highest BCUT2D eigenvalue weighted by molar-refractivity contribution is 7.86. The van der Waals surface area contributed by atoms with E-state index in [0.717, 1.165) is 16.7 Å². The summed E-state index contributed by atoms with van der Waals surface area (Å²) in [5.74, 6) is 0. The van der Waals surface area contributed by atoms with Crippen LogP contribution in [0.15, 0.2) is 48.8 Å². The number of halogens is 3. The second-order valence-electron chi connectivity index (χ2n) is 5.44. The normalized spacial score (nSPS) is 11.2. The Morgan fingerprint density at radius 3 is 2.04 bits per heavy atom. The average Bonchev–Trinajstić information content (AvgIpc) is 2.96. The second kappa shape index (κ2) is 7.68. The van der Waals surface area contributed by atoms with Gasteiger partial charge in [0.2, 0.25) is 6.33 Å². The molecule has 0 atom stereocenters. The molecule has 0 aliphatic heterocycles. The Kier molecular flexibility index (Phi) is 5.73. The summed E-state index contributed by atoms with van der Waals surface area (Å²) in [7, 11) is -4.16. The van der Waals surface area contributed by atoms with Gasteiger partial charge >= 0.3 is 5.51 Å². The molecule has 0 radical (unpaired) electrons. The predicted octanol–water partition coefficient (Wildman–Crippen LogP) is 2.25. The van der Waals surface area contributed by atoms with Gasteiger partial charge in [-0.25, -0.2) is 13.0 Å². The van der Waals surface area contributed by atoms with Crippen molar-refractivity contribution in [1.82, 2.24) is 4.57 Å². The van der Waals surface area contributed by atoms with Crippen molar-refractivity contribution in [2.75, 3.05) is 0 Å². The van der Waals surface area contributed by atoms with Crippen LogP contribution in [0.5, 0.6) is 0 Å². The van der Waals surface area contributed by atoms with E-state index in [0.29, 0.717) is 11.1 Å². The number of nitriles is 2. The fourth-order valence-corrected chi connectivity index (χ4v) is 2.33. The summed E-state index contributed by atoms with van der Waals surface area (Å²) in [6, 6.07) is 17.6. The monoisotopic (exact) mass is 408 g/mol. The fraction of sp³-hybridized carbons (Fsp3) is 0.118. The molecule has 3 aromatic rings. The van der Waals surface area contributed by atoms with Gasteiger partial charge in [0.15, 0.2) is 21.2 Å². The zero-order valence-corrected chi connectivity index (χ0v) is 15.0. The van der Waals surface area contributed by atoms with Crippen LogP contribution in [0.4, 0.5) is 13.2 Å². The number of aromatic nitrogens is 2. The van der Waals surface area contributed by atoms with E-state index in [1.54, 1.807) is 12.1 Å². The lowest BCUT2D eigenvalue weighted by molar-refractivity contribution is -0.645. The van der Waals surface area contributed by atoms with Crippen molar-refractivity contribution < 1.29 is 30.7 Å². The molecule has 0 saturated carbocycles. The molecule has 0 spiro atoms.